The molecule has 3 heterocycles. The Hall–Kier alpha value is -5.08. The first kappa shape index (κ1) is 32.5. The predicted molar refractivity (Wildman–Crippen MR) is 181 cm³/mol. The van der Waals surface area contributed by atoms with Gasteiger partial charge >= 0.3 is 0 Å². The van der Waals surface area contributed by atoms with E-state index in [4.69, 9.17) is 25.1 Å². The third-order valence-corrected chi connectivity index (χ3v) is 8.61. The molecule has 0 saturated carbocycles. The Balaban J connectivity index is 1.39. The zero-order chi connectivity index (χ0) is 35.4. The highest BCUT2D eigenvalue weighted by Gasteiger charge is 2.48. The van der Waals surface area contributed by atoms with Crippen molar-refractivity contribution in [2.24, 2.45) is 5.92 Å². The fraction of sp³-hybridized carbons (Fsp3) is 0.333. The number of nitrogens with zero attached hydrogens (tertiary/aromatic N) is 3. The number of imidazole rings is 1. The molecule has 13 nitrogen and oxygen atoms in total. The number of rotatable bonds is 12. The van der Waals surface area contributed by atoms with E-state index in [-0.39, 0.29) is 35.5 Å². The normalized spacial score (nSPS) is 19.6. The molecule has 0 spiro atoms. The van der Waals surface area contributed by atoms with E-state index in [1.165, 1.54) is 10.9 Å². The molecule has 1 fully saturated rings. The Kier molecular flexibility index (Phi) is 9.40. The number of ether oxygens (including phenoxy) is 5. The summed E-state index contributed by atoms with van der Waals surface area (Å²) in [6.07, 6.45) is -2.99. The van der Waals surface area contributed by atoms with E-state index >= 15 is 0 Å². The lowest BCUT2D eigenvalue weighted by atomic mass is 9.80. The van der Waals surface area contributed by atoms with Gasteiger partial charge in [-0.15, -0.1) is 0 Å². The highest BCUT2D eigenvalue weighted by Crippen LogP contribution is 2.43. The molecule has 4 atom stereocenters. The van der Waals surface area contributed by atoms with Crippen molar-refractivity contribution in [2.75, 3.05) is 33.2 Å². The molecule has 13 heteroatoms. The molecule has 49 heavy (non-hydrogen) atoms. The van der Waals surface area contributed by atoms with Crippen LogP contribution in [0.15, 0.2) is 90.0 Å². The van der Waals surface area contributed by atoms with Crippen LogP contribution in [-0.2, 0) is 24.6 Å². The van der Waals surface area contributed by atoms with Gasteiger partial charge < -0.3 is 28.8 Å². The maximum atomic E-state index is 12.9. The first-order chi connectivity index (χ1) is 24.2. The number of carbonyl (C=O) groups is 1. The molecule has 6 rings (SSSR count). The smallest absolute Gasteiger partial charge is 0.280 e. The fourth-order valence-corrected chi connectivity index (χ4v) is 6.00. The highest BCUT2D eigenvalue weighted by molar-refractivity contribution is 5.91. The number of benzene rings is 3. The van der Waals surface area contributed by atoms with Gasteiger partial charge in [-0.05, 0) is 41.0 Å². The third kappa shape index (κ3) is 6.41. The van der Waals surface area contributed by atoms with E-state index in [0.717, 1.165) is 16.7 Å². The van der Waals surface area contributed by atoms with Crippen LogP contribution in [0, 0.1) is 5.92 Å². The van der Waals surface area contributed by atoms with Crippen molar-refractivity contribution in [3.05, 3.63) is 112 Å². The lowest BCUT2D eigenvalue weighted by molar-refractivity contribution is -0.118. The Morgan fingerprint density at radius 3 is 2.20 bits per heavy atom. The van der Waals surface area contributed by atoms with Gasteiger partial charge in [0.05, 0.1) is 28.5 Å². The van der Waals surface area contributed by atoms with E-state index < -0.39 is 42.8 Å². The molecule has 1 amide bonds. The summed E-state index contributed by atoms with van der Waals surface area (Å²) in [6, 6.07) is 24.8. The number of hydrogen-bond acceptors (Lipinski definition) is 10. The maximum absolute atomic E-state index is 12.9. The number of amides is 1. The second-order valence-electron chi connectivity index (χ2n) is 11.9. The molecule has 0 unspecified atom stereocenters. The molecule has 0 radical (unpaired) electrons. The SMILES string of the molecule is [2H]CO[C@H]1[C@@H](O)[C@H](n2cnc3c(=O)[nH]c(NC(=O)C(C)C)nc32)O[C@@H]1COC(c1ccccc1)(c1ccc(OC)cc1)c1ccc(OC)cc1. The number of fused-ring (bicyclic) bond motifs is 1. The lowest BCUT2D eigenvalue weighted by Gasteiger charge is -2.37. The van der Waals surface area contributed by atoms with Gasteiger partial charge in [0.15, 0.2) is 17.4 Å². The average Bonchev–Trinajstić information content (AvgIpc) is 3.70. The average molecular weight is 671 g/mol. The summed E-state index contributed by atoms with van der Waals surface area (Å²) in [4.78, 5) is 36.4. The van der Waals surface area contributed by atoms with Crippen LogP contribution in [-0.4, -0.2) is 76.8 Å². The van der Waals surface area contributed by atoms with Crippen LogP contribution in [0.3, 0.4) is 0 Å². The largest absolute Gasteiger partial charge is 0.497 e. The van der Waals surface area contributed by atoms with Crippen molar-refractivity contribution in [1.82, 2.24) is 19.5 Å². The summed E-state index contributed by atoms with van der Waals surface area (Å²) in [5.41, 5.74) is 0.721. The molecule has 256 valence electrons. The van der Waals surface area contributed by atoms with Crippen molar-refractivity contribution in [2.45, 2.75) is 44.0 Å². The van der Waals surface area contributed by atoms with Gasteiger partial charge in [-0.2, -0.15) is 4.98 Å². The summed E-state index contributed by atoms with van der Waals surface area (Å²) < 4.78 is 39.3. The topological polar surface area (TPSA) is 159 Å². The van der Waals surface area contributed by atoms with Gasteiger partial charge in [-0.25, -0.2) is 4.98 Å². The maximum Gasteiger partial charge on any atom is 0.280 e. The zero-order valence-corrected chi connectivity index (χ0v) is 27.5. The van der Waals surface area contributed by atoms with Gasteiger partial charge in [0.25, 0.3) is 5.56 Å². The molecular formula is C36H39N5O8. The van der Waals surface area contributed by atoms with Crippen LogP contribution < -0.4 is 20.3 Å². The van der Waals surface area contributed by atoms with Crippen molar-refractivity contribution in [1.29, 1.82) is 0 Å². The summed E-state index contributed by atoms with van der Waals surface area (Å²) >= 11 is 0. The van der Waals surface area contributed by atoms with Crippen LogP contribution in [0.25, 0.3) is 11.2 Å². The summed E-state index contributed by atoms with van der Waals surface area (Å²) in [5.74, 6) is 0.578. The summed E-state index contributed by atoms with van der Waals surface area (Å²) in [5, 5.41) is 14.2. The number of H-pyrrole nitrogens is 1. The van der Waals surface area contributed by atoms with Crippen LogP contribution in [0.1, 0.15) is 38.1 Å². The molecular weight excluding hydrogens is 630 g/mol. The summed E-state index contributed by atoms with van der Waals surface area (Å²) in [7, 11) is 2.74. The van der Waals surface area contributed by atoms with E-state index in [1.807, 2.05) is 78.9 Å². The van der Waals surface area contributed by atoms with Gasteiger partial charge in [-0.1, -0.05) is 68.4 Å². The fourth-order valence-electron chi connectivity index (χ4n) is 6.00. The molecule has 3 N–H and O–H groups in total. The number of aromatic nitrogens is 4. The molecule has 5 aromatic rings. The molecule has 1 aliphatic heterocycles. The number of carbonyl (C=O) groups excluding carboxylic acids is 1. The number of nitrogens with one attached hydrogen (secondary N) is 2. The first-order valence-electron chi connectivity index (χ1n) is 16.4. The monoisotopic (exact) mass is 670 g/mol. The van der Waals surface area contributed by atoms with E-state index in [9.17, 15) is 14.7 Å². The minimum atomic E-state index is -1.31. The standard InChI is InChI=1S/C36H39N5O8/c1-21(2)32(43)39-35-38-31-28(33(44)40-35)37-20-41(31)34-29(42)30(47-5)27(49-34)19-48-36(22-9-7-6-8-10-22,23-11-15-25(45-3)16-12-23)24-13-17-26(46-4)18-14-24/h6-18,20-21,27,29-30,34,42H,19H2,1-5H3,(H2,38,39,40,43,44)/t27-,29-,30-,34-/m1/s1/i5D. The second kappa shape index (κ2) is 14.2. The van der Waals surface area contributed by atoms with E-state index in [1.54, 1.807) is 28.1 Å². The first-order valence-corrected chi connectivity index (χ1v) is 15.7. The van der Waals surface area contributed by atoms with Crippen molar-refractivity contribution in [3.8, 4) is 11.5 Å². The molecule has 0 aliphatic carbocycles. The Morgan fingerprint density at radius 2 is 1.63 bits per heavy atom. The number of hydrogen-bond donors (Lipinski definition) is 3. The van der Waals surface area contributed by atoms with Gasteiger partial charge in [0.2, 0.25) is 11.9 Å². The number of aromatic amines is 1. The Labute approximate surface area is 284 Å². The second-order valence-corrected chi connectivity index (χ2v) is 11.9. The molecule has 1 aliphatic rings. The number of aliphatic hydroxyl groups is 1. The van der Waals surface area contributed by atoms with E-state index in [2.05, 4.69) is 20.3 Å². The number of anilines is 1. The van der Waals surface area contributed by atoms with Crippen molar-refractivity contribution in [3.63, 3.8) is 0 Å². The zero-order valence-electron chi connectivity index (χ0n) is 28.5. The van der Waals surface area contributed by atoms with Gasteiger partial charge in [-0.3, -0.25) is 24.5 Å². The molecule has 1 saturated heterocycles. The lowest BCUT2D eigenvalue weighted by Crippen LogP contribution is -2.40. The number of aliphatic hydroxyl groups excluding tert-OH is 1. The van der Waals surface area contributed by atoms with Crippen LogP contribution in [0.5, 0.6) is 11.5 Å². The van der Waals surface area contributed by atoms with Crippen LogP contribution in [0.2, 0.25) is 0 Å². The number of methoxy groups -OCH3 is 3. The highest BCUT2D eigenvalue weighted by atomic mass is 16.6. The van der Waals surface area contributed by atoms with Crippen LogP contribution >= 0.6 is 0 Å². The minimum absolute atomic E-state index is 0.0110. The van der Waals surface area contributed by atoms with Gasteiger partial charge in [0, 0.05) is 13.0 Å². The Bertz CT molecular complexity index is 1920. The summed E-state index contributed by atoms with van der Waals surface area (Å²) in [6.45, 7) is 3.33. The quantitative estimate of drug-likeness (QED) is 0.166. The van der Waals surface area contributed by atoms with Crippen molar-refractivity contribution < 1.29 is 35.0 Å². The predicted octanol–water partition coefficient (Wildman–Crippen LogP) is 4.01. The Morgan fingerprint density at radius 1 is 1.02 bits per heavy atom. The molecule has 3 aromatic carbocycles. The minimum Gasteiger partial charge on any atom is -0.497 e. The third-order valence-electron chi connectivity index (χ3n) is 8.61. The van der Waals surface area contributed by atoms with Crippen molar-refractivity contribution >= 4 is 23.0 Å². The molecule has 2 aromatic heterocycles. The van der Waals surface area contributed by atoms with E-state index in [0.29, 0.717) is 11.5 Å². The van der Waals surface area contributed by atoms with Crippen LogP contribution in [0.4, 0.5) is 5.95 Å². The molecule has 0 bridgehead atoms. The van der Waals surface area contributed by atoms with Gasteiger partial charge in [0.1, 0.15) is 35.4 Å².